The highest BCUT2D eigenvalue weighted by molar-refractivity contribution is 9.09. The fraction of sp³-hybridized carbons (Fsp3) is 0.917. The van der Waals surface area contributed by atoms with Crippen molar-refractivity contribution in [1.29, 1.82) is 0 Å². The zero-order chi connectivity index (χ0) is 11.4. The lowest BCUT2D eigenvalue weighted by Gasteiger charge is -2.36. The average Bonchev–Trinajstić information content (AvgIpc) is 2.17. The fourth-order valence-electron chi connectivity index (χ4n) is 2.45. The van der Waals surface area contributed by atoms with Gasteiger partial charge in [-0.15, -0.1) is 0 Å². The average molecular weight is 277 g/mol. The minimum atomic E-state index is -0.125. The Morgan fingerprint density at radius 2 is 2.13 bits per heavy atom. The molecule has 1 aliphatic carbocycles. The maximum Gasteiger partial charge on any atom is 0.316 e. The number of esters is 1. The summed E-state index contributed by atoms with van der Waals surface area (Å²) in [7, 11) is 0. The maximum atomic E-state index is 11.3. The third-order valence-corrected chi connectivity index (χ3v) is 3.81. The molecule has 0 aromatic heterocycles. The van der Waals surface area contributed by atoms with Gasteiger partial charge in [-0.2, -0.15) is 0 Å². The van der Waals surface area contributed by atoms with Crippen LogP contribution in [0.25, 0.3) is 0 Å². The molecule has 0 aromatic rings. The summed E-state index contributed by atoms with van der Waals surface area (Å²) in [6, 6.07) is 0. The molecule has 0 aromatic carbocycles. The van der Waals surface area contributed by atoms with Gasteiger partial charge in [-0.25, -0.2) is 0 Å². The van der Waals surface area contributed by atoms with Crippen molar-refractivity contribution < 1.29 is 9.53 Å². The lowest BCUT2D eigenvalue weighted by molar-refractivity contribution is -0.152. The van der Waals surface area contributed by atoms with Crippen LogP contribution in [0.15, 0.2) is 0 Å². The molecule has 0 saturated heterocycles. The van der Waals surface area contributed by atoms with Gasteiger partial charge < -0.3 is 4.74 Å². The standard InChI is InChI=1S/C12H21BrO2/c1-8(2)10-5-4-9(3)6-11(10)15-12(14)7-13/h8-11H,4-7H2,1-3H3/t9-,10+,11-/m0/s1. The van der Waals surface area contributed by atoms with E-state index in [-0.39, 0.29) is 12.1 Å². The van der Waals surface area contributed by atoms with Gasteiger partial charge in [0.15, 0.2) is 0 Å². The molecule has 88 valence electrons. The number of rotatable bonds is 3. The van der Waals surface area contributed by atoms with E-state index in [4.69, 9.17) is 4.74 Å². The summed E-state index contributed by atoms with van der Waals surface area (Å²) in [4.78, 5) is 11.3. The molecule has 0 aliphatic heterocycles. The lowest BCUT2D eigenvalue weighted by Crippen LogP contribution is -2.36. The van der Waals surface area contributed by atoms with Crippen LogP contribution in [0.1, 0.15) is 40.0 Å². The summed E-state index contributed by atoms with van der Waals surface area (Å²) in [5.74, 6) is 1.71. The molecule has 0 unspecified atom stereocenters. The second-order valence-corrected chi connectivity index (χ2v) is 5.55. The second kappa shape index (κ2) is 5.88. The molecule has 2 nitrogen and oxygen atoms in total. The van der Waals surface area contributed by atoms with Gasteiger partial charge in [-0.05, 0) is 30.6 Å². The predicted molar refractivity (Wildman–Crippen MR) is 65.0 cm³/mol. The number of halogens is 1. The maximum absolute atomic E-state index is 11.3. The van der Waals surface area contributed by atoms with Crippen LogP contribution < -0.4 is 0 Å². The van der Waals surface area contributed by atoms with Crippen LogP contribution in [0.3, 0.4) is 0 Å². The van der Waals surface area contributed by atoms with E-state index in [2.05, 4.69) is 36.7 Å². The monoisotopic (exact) mass is 276 g/mol. The molecule has 3 atom stereocenters. The molecule has 1 aliphatic rings. The van der Waals surface area contributed by atoms with Crippen molar-refractivity contribution in [2.75, 3.05) is 5.33 Å². The van der Waals surface area contributed by atoms with Crippen LogP contribution in [-0.4, -0.2) is 17.4 Å². The summed E-state index contributed by atoms with van der Waals surface area (Å²) >= 11 is 3.14. The van der Waals surface area contributed by atoms with Crippen LogP contribution in [-0.2, 0) is 9.53 Å². The fourth-order valence-corrected chi connectivity index (χ4v) is 2.58. The zero-order valence-electron chi connectivity index (χ0n) is 9.83. The highest BCUT2D eigenvalue weighted by atomic mass is 79.9. The van der Waals surface area contributed by atoms with E-state index < -0.39 is 0 Å². The van der Waals surface area contributed by atoms with Crippen LogP contribution in [0.5, 0.6) is 0 Å². The minimum absolute atomic E-state index is 0.125. The van der Waals surface area contributed by atoms with E-state index in [1.54, 1.807) is 0 Å². The first-order chi connectivity index (χ1) is 7.04. The van der Waals surface area contributed by atoms with Crippen LogP contribution in [0.4, 0.5) is 0 Å². The Labute approximate surface area is 101 Å². The number of hydrogen-bond donors (Lipinski definition) is 0. The van der Waals surface area contributed by atoms with Gasteiger partial charge in [0.1, 0.15) is 11.4 Å². The Bertz CT molecular complexity index is 216. The SMILES string of the molecule is CC(C)[C@H]1CC[C@H](C)C[C@@H]1OC(=O)CBr. The summed E-state index contributed by atoms with van der Waals surface area (Å²) in [5, 5.41) is 0.308. The van der Waals surface area contributed by atoms with Gasteiger partial charge >= 0.3 is 5.97 Å². The molecule has 0 radical (unpaired) electrons. The summed E-state index contributed by atoms with van der Waals surface area (Å²) < 4.78 is 5.50. The van der Waals surface area contributed by atoms with Crippen LogP contribution >= 0.6 is 15.9 Å². The Morgan fingerprint density at radius 1 is 1.47 bits per heavy atom. The molecule has 0 bridgehead atoms. The Morgan fingerprint density at radius 3 is 2.67 bits per heavy atom. The first-order valence-corrected chi connectivity index (χ1v) is 6.92. The highest BCUT2D eigenvalue weighted by Gasteiger charge is 2.32. The van der Waals surface area contributed by atoms with E-state index >= 15 is 0 Å². The molecule has 0 spiro atoms. The lowest BCUT2D eigenvalue weighted by atomic mass is 9.75. The minimum Gasteiger partial charge on any atom is -0.461 e. The van der Waals surface area contributed by atoms with E-state index in [9.17, 15) is 4.79 Å². The van der Waals surface area contributed by atoms with Crippen molar-refractivity contribution in [2.24, 2.45) is 17.8 Å². The molecule has 1 saturated carbocycles. The molecular weight excluding hydrogens is 256 g/mol. The molecule has 1 fully saturated rings. The van der Waals surface area contributed by atoms with Crippen molar-refractivity contribution in [3.05, 3.63) is 0 Å². The third-order valence-electron chi connectivity index (χ3n) is 3.35. The third kappa shape index (κ3) is 3.78. The van der Waals surface area contributed by atoms with Crippen molar-refractivity contribution in [3.63, 3.8) is 0 Å². The summed E-state index contributed by atoms with van der Waals surface area (Å²) in [5.41, 5.74) is 0. The van der Waals surface area contributed by atoms with Gasteiger partial charge in [0, 0.05) is 0 Å². The second-order valence-electron chi connectivity index (χ2n) is 4.99. The molecule has 0 N–H and O–H groups in total. The van der Waals surface area contributed by atoms with Crippen LogP contribution in [0.2, 0.25) is 0 Å². The number of carbonyl (C=O) groups excluding carboxylic acids is 1. The number of alkyl halides is 1. The number of hydrogen-bond acceptors (Lipinski definition) is 2. The summed E-state index contributed by atoms with van der Waals surface area (Å²) in [6.07, 6.45) is 3.63. The van der Waals surface area contributed by atoms with E-state index in [1.165, 1.54) is 12.8 Å². The molecule has 0 amide bonds. The van der Waals surface area contributed by atoms with Crippen LogP contribution in [0, 0.1) is 17.8 Å². The predicted octanol–water partition coefficient (Wildman–Crippen LogP) is 3.39. The largest absolute Gasteiger partial charge is 0.461 e. The van der Waals surface area contributed by atoms with Crippen molar-refractivity contribution in [2.45, 2.75) is 46.1 Å². The molecule has 0 heterocycles. The van der Waals surface area contributed by atoms with Crippen molar-refractivity contribution >= 4 is 21.9 Å². The normalized spacial score (nSPS) is 31.7. The molecule has 15 heavy (non-hydrogen) atoms. The Kier molecular flexibility index (Phi) is 5.10. The number of ether oxygens (including phenoxy) is 1. The smallest absolute Gasteiger partial charge is 0.316 e. The highest BCUT2D eigenvalue weighted by Crippen LogP contribution is 2.35. The Hall–Kier alpha value is -0.0500. The van der Waals surface area contributed by atoms with Gasteiger partial charge in [-0.3, -0.25) is 4.79 Å². The molecule has 1 rings (SSSR count). The summed E-state index contributed by atoms with van der Waals surface area (Å²) in [6.45, 7) is 6.68. The van der Waals surface area contributed by atoms with Gasteiger partial charge in [-0.1, -0.05) is 43.1 Å². The molecular formula is C12H21BrO2. The Balaban J connectivity index is 2.57. The van der Waals surface area contributed by atoms with Gasteiger partial charge in [0.05, 0.1) is 0 Å². The first-order valence-electron chi connectivity index (χ1n) is 5.80. The van der Waals surface area contributed by atoms with Gasteiger partial charge in [0.2, 0.25) is 0 Å². The topological polar surface area (TPSA) is 26.3 Å². The number of carbonyl (C=O) groups is 1. The van der Waals surface area contributed by atoms with E-state index in [0.29, 0.717) is 23.1 Å². The molecule has 3 heteroatoms. The van der Waals surface area contributed by atoms with Gasteiger partial charge in [0.25, 0.3) is 0 Å². The van der Waals surface area contributed by atoms with E-state index in [0.717, 1.165) is 6.42 Å². The van der Waals surface area contributed by atoms with E-state index in [1.807, 2.05) is 0 Å². The first kappa shape index (κ1) is 13.0. The van der Waals surface area contributed by atoms with Crippen molar-refractivity contribution in [1.82, 2.24) is 0 Å². The van der Waals surface area contributed by atoms with Crippen molar-refractivity contribution in [3.8, 4) is 0 Å². The quantitative estimate of drug-likeness (QED) is 0.584. The zero-order valence-corrected chi connectivity index (χ0v) is 11.4.